The van der Waals surface area contributed by atoms with Gasteiger partial charge in [0.2, 0.25) is 17.7 Å². The first-order valence-corrected chi connectivity index (χ1v) is 9.39. The zero-order chi connectivity index (χ0) is 18.0. The lowest BCUT2D eigenvalue weighted by atomic mass is 10.0. The van der Waals surface area contributed by atoms with E-state index in [1.807, 2.05) is 11.0 Å². The number of nitrogens with zero attached hydrogens (tertiary/aromatic N) is 1. The third kappa shape index (κ3) is 4.03. The lowest BCUT2D eigenvalue weighted by molar-refractivity contribution is -0.131. The fourth-order valence-corrected chi connectivity index (χ4v) is 4.16. The van der Waals surface area contributed by atoms with Crippen LogP contribution < -0.4 is 11.1 Å². The number of hydrogen-bond donors (Lipinski definition) is 2. The molecule has 134 valence electrons. The molecule has 1 aromatic carbocycles. The van der Waals surface area contributed by atoms with Crippen LogP contribution in [0.25, 0.3) is 0 Å². The summed E-state index contributed by atoms with van der Waals surface area (Å²) < 4.78 is 0.800. The summed E-state index contributed by atoms with van der Waals surface area (Å²) in [5.41, 5.74) is 6.09. The highest BCUT2D eigenvalue weighted by atomic mass is 79.9. The van der Waals surface area contributed by atoms with E-state index in [1.54, 1.807) is 18.2 Å². The van der Waals surface area contributed by atoms with Gasteiger partial charge in [-0.3, -0.25) is 14.4 Å². The van der Waals surface area contributed by atoms with Crippen molar-refractivity contribution in [1.29, 1.82) is 0 Å². The number of nitrogens with one attached hydrogen (secondary N) is 1. The number of hydrogen-bond acceptors (Lipinski definition) is 3. The number of halogens is 1. The summed E-state index contributed by atoms with van der Waals surface area (Å²) in [6.45, 7) is 0.430. The predicted octanol–water partition coefficient (Wildman–Crippen LogP) is 1.88. The molecule has 7 heteroatoms. The Morgan fingerprint density at radius 2 is 2.00 bits per heavy atom. The van der Waals surface area contributed by atoms with Gasteiger partial charge in [0.05, 0.1) is 5.92 Å². The topological polar surface area (TPSA) is 92.5 Å². The molecule has 0 radical (unpaired) electrons. The highest BCUT2D eigenvalue weighted by molar-refractivity contribution is 9.10. The van der Waals surface area contributed by atoms with Crippen LogP contribution in [-0.4, -0.2) is 35.2 Å². The van der Waals surface area contributed by atoms with Crippen molar-refractivity contribution in [2.45, 2.75) is 44.2 Å². The molecule has 0 aromatic heterocycles. The van der Waals surface area contributed by atoms with Gasteiger partial charge in [0.15, 0.2) is 0 Å². The minimum Gasteiger partial charge on any atom is -0.368 e. The standard InChI is InChI=1S/C18H22BrN3O3/c19-13-5-3-4-11(8-13)16(17(20)24)21-18(25)12-9-15(23)22(10-12)14-6-1-2-7-14/h3-5,8,12,14,16H,1-2,6-7,9-10H2,(H2,20,24)(H,21,25)/t12-,16-/m0/s1. The minimum atomic E-state index is -0.902. The molecule has 2 atom stereocenters. The maximum absolute atomic E-state index is 12.6. The summed E-state index contributed by atoms with van der Waals surface area (Å²) in [5.74, 6) is -1.31. The first-order valence-electron chi connectivity index (χ1n) is 8.60. The number of carbonyl (C=O) groups is 3. The number of benzene rings is 1. The number of rotatable bonds is 5. The number of nitrogens with two attached hydrogens (primary N) is 1. The Morgan fingerprint density at radius 1 is 1.28 bits per heavy atom. The Kier molecular flexibility index (Phi) is 5.42. The molecule has 3 N–H and O–H groups in total. The third-order valence-corrected chi connectivity index (χ3v) is 5.54. The van der Waals surface area contributed by atoms with Gasteiger partial charge < -0.3 is 16.0 Å². The van der Waals surface area contributed by atoms with Gasteiger partial charge in [0.25, 0.3) is 0 Å². The van der Waals surface area contributed by atoms with Crippen LogP contribution in [-0.2, 0) is 14.4 Å². The lowest BCUT2D eigenvalue weighted by Gasteiger charge is -2.24. The second-order valence-electron chi connectivity index (χ2n) is 6.78. The zero-order valence-corrected chi connectivity index (χ0v) is 15.5. The van der Waals surface area contributed by atoms with Crippen molar-refractivity contribution < 1.29 is 14.4 Å². The van der Waals surface area contributed by atoms with Crippen molar-refractivity contribution in [3.63, 3.8) is 0 Å². The number of amides is 3. The fourth-order valence-electron chi connectivity index (χ4n) is 3.74. The van der Waals surface area contributed by atoms with Gasteiger partial charge in [0, 0.05) is 23.5 Å². The molecular weight excluding hydrogens is 386 g/mol. The van der Waals surface area contributed by atoms with Crippen molar-refractivity contribution in [3.05, 3.63) is 34.3 Å². The van der Waals surface area contributed by atoms with E-state index in [-0.39, 0.29) is 24.3 Å². The van der Waals surface area contributed by atoms with Crippen LogP contribution in [0.5, 0.6) is 0 Å². The second kappa shape index (κ2) is 7.56. The number of carbonyl (C=O) groups excluding carboxylic acids is 3. The lowest BCUT2D eigenvalue weighted by Crippen LogP contribution is -2.41. The molecular formula is C18H22BrN3O3. The van der Waals surface area contributed by atoms with Crippen LogP contribution in [0, 0.1) is 5.92 Å². The van der Waals surface area contributed by atoms with E-state index in [0.29, 0.717) is 12.1 Å². The second-order valence-corrected chi connectivity index (χ2v) is 7.70. The molecule has 1 aliphatic carbocycles. The quantitative estimate of drug-likeness (QED) is 0.779. The Balaban J connectivity index is 1.68. The molecule has 6 nitrogen and oxygen atoms in total. The average Bonchev–Trinajstić information content (AvgIpc) is 3.21. The molecule has 1 aromatic rings. The molecule has 1 heterocycles. The van der Waals surface area contributed by atoms with Crippen LogP contribution in [0.4, 0.5) is 0 Å². The first kappa shape index (κ1) is 17.9. The van der Waals surface area contributed by atoms with Crippen LogP contribution in [0.3, 0.4) is 0 Å². The Labute approximate surface area is 155 Å². The van der Waals surface area contributed by atoms with Gasteiger partial charge in [-0.15, -0.1) is 0 Å². The maximum Gasteiger partial charge on any atom is 0.244 e. The summed E-state index contributed by atoms with van der Waals surface area (Å²) in [6, 6.07) is 6.47. The molecule has 0 unspecified atom stereocenters. The third-order valence-electron chi connectivity index (χ3n) is 5.05. The van der Waals surface area contributed by atoms with Gasteiger partial charge in [-0.25, -0.2) is 0 Å². The monoisotopic (exact) mass is 407 g/mol. The van der Waals surface area contributed by atoms with Gasteiger partial charge in [-0.2, -0.15) is 0 Å². The van der Waals surface area contributed by atoms with Crippen molar-refractivity contribution in [2.24, 2.45) is 11.7 Å². The largest absolute Gasteiger partial charge is 0.368 e. The molecule has 2 fully saturated rings. The number of primary amides is 1. The van der Waals surface area contributed by atoms with Crippen molar-refractivity contribution in [2.75, 3.05) is 6.54 Å². The summed E-state index contributed by atoms with van der Waals surface area (Å²) in [4.78, 5) is 38.5. The van der Waals surface area contributed by atoms with E-state index in [9.17, 15) is 14.4 Å². The van der Waals surface area contributed by atoms with E-state index < -0.39 is 17.9 Å². The Hall–Kier alpha value is -1.89. The highest BCUT2D eigenvalue weighted by Crippen LogP contribution is 2.30. The average molecular weight is 408 g/mol. The molecule has 1 aliphatic heterocycles. The molecule has 0 bridgehead atoms. The smallest absolute Gasteiger partial charge is 0.244 e. The molecule has 1 saturated heterocycles. The van der Waals surface area contributed by atoms with Crippen LogP contribution in [0.2, 0.25) is 0 Å². The minimum absolute atomic E-state index is 0.0325. The molecule has 0 spiro atoms. The van der Waals surface area contributed by atoms with Crippen molar-refractivity contribution in [3.8, 4) is 0 Å². The molecule has 25 heavy (non-hydrogen) atoms. The van der Waals surface area contributed by atoms with Gasteiger partial charge in [-0.1, -0.05) is 40.9 Å². The van der Waals surface area contributed by atoms with Crippen LogP contribution >= 0.6 is 15.9 Å². The van der Waals surface area contributed by atoms with Crippen LogP contribution in [0.1, 0.15) is 43.7 Å². The van der Waals surface area contributed by atoms with E-state index >= 15 is 0 Å². The Morgan fingerprint density at radius 3 is 2.64 bits per heavy atom. The van der Waals surface area contributed by atoms with Gasteiger partial charge in [-0.05, 0) is 30.5 Å². The fraction of sp³-hybridized carbons (Fsp3) is 0.500. The Bertz CT molecular complexity index is 688. The summed E-state index contributed by atoms with van der Waals surface area (Å²) in [5, 5.41) is 2.72. The van der Waals surface area contributed by atoms with E-state index in [2.05, 4.69) is 21.2 Å². The SMILES string of the molecule is NC(=O)[C@@H](NC(=O)[C@H]1CC(=O)N(C2CCCC2)C1)c1cccc(Br)c1. The molecule has 1 saturated carbocycles. The summed E-state index contributed by atoms with van der Waals surface area (Å²) in [6.07, 6.45) is 4.51. The van der Waals surface area contributed by atoms with E-state index in [0.717, 1.165) is 30.2 Å². The maximum atomic E-state index is 12.6. The van der Waals surface area contributed by atoms with E-state index in [4.69, 9.17) is 5.73 Å². The van der Waals surface area contributed by atoms with Gasteiger partial charge in [0.1, 0.15) is 6.04 Å². The summed E-state index contributed by atoms with van der Waals surface area (Å²) >= 11 is 3.35. The highest BCUT2D eigenvalue weighted by Gasteiger charge is 2.39. The number of likely N-dealkylation sites (tertiary alicyclic amines) is 1. The molecule has 3 rings (SSSR count). The first-order chi connectivity index (χ1) is 12.0. The molecule has 2 aliphatic rings. The van der Waals surface area contributed by atoms with Crippen molar-refractivity contribution in [1.82, 2.24) is 10.2 Å². The predicted molar refractivity (Wildman–Crippen MR) is 96.3 cm³/mol. The zero-order valence-electron chi connectivity index (χ0n) is 13.9. The summed E-state index contributed by atoms with van der Waals surface area (Å²) in [7, 11) is 0. The molecule has 3 amide bonds. The van der Waals surface area contributed by atoms with Gasteiger partial charge >= 0.3 is 0 Å². The normalized spacial score (nSPS) is 22.2. The van der Waals surface area contributed by atoms with Crippen LogP contribution in [0.15, 0.2) is 28.7 Å². The van der Waals surface area contributed by atoms with E-state index in [1.165, 1.54) is 0 Å². The van der Waals surface area contributed by atoms with Crippen molar-refractivity contribution >= 4 is 33.7 Å².